The van der Waals surface area contributed by atoms with E-state index in [1.165, 1.54) is 13.0 Å². The van der Waals surface area contributed by atoms with Crippen molar-refractivity contribution in [3.8, 4) is 5.69 Å². The summed E-state index contributed by atoms with van der Waals surface area (Å²) in [5.41, 5.74) is -1.04. The van der Waals surface area contributed by atoms with Gasteiger partial charge in [-0.3, -0.25) is 9.59 Å². The SMILES string of the molecule is CCC(C)OC(=O)C(C)(C(=O)O)c1ccc(-n2cc(Br)cn2)c(Cl)c1.CI. The molecule has 0 aliphatic heterocycles. The van der Waals surface area contributed by atoms with Gasteiger partial charge in [0.25, 0.3) is 0 Å². The number of alkyl halides is 1. The normalized spacial score (nSPS) is 13.7. The highest BCUT2D eigenvalue weighted by atomic mass is 127. The highest BCUT2D eigenvalue weighted by molar-refractivity contribution is 14.1. The number of nitrogens with zero attached hydrogens (tertiary/aromatic N) is 2. The molecule has 0 spiro atoms. The van der Waals surface area contributed by atoms with Crippen LogP contribution in [-0.2, 0) is 19.7 Å². The van der Waals surface area contributed by atoms with Crippen molar-refractivity contribution in [2.24, 2.45) is 0 Å². The molecule has 1 aromatic carbocycles. The Morgan fingerprint density at radius 1 is 1.44 bits per heavy atom. The molecule has 0 saturated heterocycles. The van der Waals surface area contributed by atoms with Crippen molar-refractivity contribution in [3.63, 3.8) is 0 Å². The number of aromatic nitrogens is 2. The van der Waals surface area contributed by atoms with Crippen molar-refractivity contribution < 1.29 is 19.4 Å². The maximum absolute atomic E-state index is 12.5. The predicted molar refractivity (Wildman–Crippen MR) is 117 cm³/mol. The summed E-state index contributed by atoms with van der Waals surface area (Å²) in [5.74, 6) is -2.12. The van der Waals surface area contributed by atoms with Crippen LogP contribution in [0.1, 0.15) is 32.8 Å². The van der Waals surface area contributed by atoms with Crippen LogP contribution < -0.4 is 0 Å². The van der Waals surface area contributed by atoms with Crippen LogP contribution >= 0.6 is 50.1 Å². The van der Waals surface area contributed by atoms with Crippen molar-refractivity contribution in [3.05, 3.63) is 45.7 Å². The van der Waals surface area contributed by atoms with E-state index in [9.17, 15) is 14.7 Å². The first-order chi connectivity index (χ1) is 12.7. The van der Waals surface area contributed by atoms with Crippen LogP contribution in [0.3, 0.4) is 0 Å². The minimum Gasteiger partial charge on any atom is -0.480 e. The fraction of sp³-hybridized carbons (Fsp3) is 0.389. The van der Waals surface area contributed by atoms with Crippen molar-refractivity contribution in [1.82, 2.24) is 9.78 Å². The van der Waals surface area contributed by atoms with E-state index in [1.807, 2.05) is 11.9 Å². The standard InChI is InChI=1S/C17H18BrClN2O4.CH3I/c1-4-10(2)25-16(24)17(3,15(22)23)11-5-6-14(13(19)7-11)21-9-12(18)8-20-21;1-2/h5-10H,4H2,1-3H3,(H,22,23);1H3. The van der Waals surface area contributed by atoms with Crippen molar-refractivity contribution in [1.29, 1.82) is 0 Å². The topological polar surface area (TPSA) is 81.4 Å². The third kappa shape index (κ3) is 5.45. The van der Waals surface area contributed by atoms with Gasteiger partial charge < -0.3 is 9.84 Å². The molecule has 0 fully saturated rings. The van der Waals surface area contributed by atoms with Crippen molar-refractivity contribution in [2.45, 2.75) is 38.7 Å². The Morgan fingerprint density at radius 3 is 2.52 bits per heavy atom. The molecule has 6 nitrogen and oxygen atoms in total. The van der Waals surface area contributed by atoms with Crippen molar-refractivity contribution in [2.75, 3.05) is 4.93 Å². The number of carboxylic acid groups (broad SMARTS) is 1. The first kappa shape index (κ1) is 23.9. The molecule has 0 saturated carbocycles. The van der Waals surface area contributed by atoms with E-state index in [-0.39, 0.29) is 16.7 Å². The van der Waals surface area contributed by atoms with E-state index in [1.54, 1.807) is 36.1 Å². The molecule has 1 heterocycles. The zero-order valence-corrected chi connectivity index (χ0v) is 19.9. The molecule has 0 radical (unpaired) electrons. The van der Waals surface area contributed by atoms with Gasteiger partial charge in [-0.2, -0.15) is 5.10 Å². The second kappa shape index (κ2) is 10.4. The molecule has 1 N–H and O–H groups in total. The van der Waals surface area contributed by atoms with Crippen LogP contribution in [0.2, 0.25) is 5.02 Å². The lowest BCUT2D eigenvalue weighted by Gasteiger charge is -2.25. The lowest BCUT2D eigenvalue weighted by Crippen LogP contribution is -2.43. The maximum atomic E-state index is 12.5. The van der Waals surface area contributed by atoms with Gasteiger partial charge in [-0.15, -0.1) is 0 Å². The summed E-state index contributed by atoms with van der Waals surface area (Å²) in [6.07, 6.45) is 3.54. The Labute approximate surface area is 185 Å². The van der Waals surface area contributed by atoms with Crippen LogP contribution in [-0.4, -0.2) is 37.9 Å². The third-order valence-electron chi connectivity index (χ3n) is 4.04. The summed E-state index contributed by atoms with van der Waals surface area (Å²) >= 11 is 11.8. The summed E-state index contributed by atoms with van der Waals surface area (Å²) in [7, 11) is 0. The highest BCUT2D eigenvalue weighted by Crippen LogP contribution is 2.32. The van der Waals surface area contributed by atoms with E-state index in [2.05, 4.69) is 43.6 Å². The summed E-state index contributed by atoms with van der Waals surface area (Å²) in [4.78, 5) is 26.3. The first-order valence-corrected chi connectivity index (χ1v) is 11.4. The Bertz CT molecular complexity index is 814. The number of hydrogen-bond acceptors (Lipinski definition) is 4. The van der Waals surface area contributed by atoms with Crippen LogP contribution in [0, 0.1) is 0 Å². The number of carbonyl (C=O) groups excluding carboxylic acids is 1. The second-order valence-corrected chi connectivity index (χ2v) is 7.15. The van der Waals surface area contributed by atoms with Crippen LogP contribution in [0.25, 0.3) is 5.69 Å². The van der Waals surface area contributed by atoms with E-state index in [0.717, 1.165) is 4.47 Å². The molecule has 2 unspecified atom stereocenters. The zero-order chi connectivity index (χ0) is 20.8. The Morgan fingerprint density at radius 2 is 2.07 bits per heavy atom. The molecule has 0 amide bonds. The molecular formula is C18H21BrClIN2O4. The lowest BCUT2D eigenvalue weighted by molar-refractivity contribution is -0.164. The van der Waals surface area contributed by atoms with E-state index < -0.39 is 17.4 Å². The third-order valence-corrected chi connectivity index (χ3v) is 4.75. The minimum absolute atomic E-state index is 0.244. The number of esters is 1. The molecule has 2 aromatic rings. The van der Waals surface area contributed by atoms with Crippen LogP contribution in [0.15, 0.2) is 35.1 Å². The van der Waals surface area contributed by atoms with Gasteiger partial charge in [0.2, 0.25) is 0 Å². The van der Waals surface area contributed by atoms with Gasteiger partial charge in [-0.05, 0) is 58.8 Å². The van der Waals surface area contributed by atoms with Crippen LogP contribution in [0.4, 0.5) is 0 Å². The van der Waals surface area contributed by atoms with Gasteiger partial charge in [-0.1, -0.05) is 47.2 Å². The summed E-state index contributed by atoms with van der Waals surface area (Å²) in [6, 6.07) is 4.62. The Hall–Kier alpha value is -1.13. The smallest absolute Gasteiger partial charge is 0.328 e. The molecule has 0 aliphatic carbocycles. The molecule has 1 aromatic heterocycles. The Kier molecular flexibility index (Phi) is 9.23. The molecule has 27 heavy (non-hydrogen) atoms. The predicted octanol–water partition coefficient (Wildman–Crippen LogP) is 5.02. The number of carboxylic acids is 1. The number of aliphatic carboxylic acids is 1. The van der Waals surface area contributed by atoms with Gasteiger partial charge in [0.1, 0.15) is 0 Å². The first-order valence-electron chi connectivity index (χ1n) is 8.03. The molecule has 0 aliphatic rings. The summed E-state index contributed by atoms with van der Waals surface area (Å²) in [6.45, 7) is 4.88. The number of carbonyl (C=O) groups is 2. The summed E-state index contributed by atoms with van der Waals surface area (Å²) in [5, 5.41) is 14.1. The van der Waals surface area contributed by atoms with E-state index in [0.29, 0.717) is 12.1 Å². The average Bonchev–Trinajstić information content (AvgIpc) is 3.08. The van der Waals surface area contributed by atoms with Gasteiger partial charge in [0, 0.05) is 6.20 Å². The number of hydrogen-bond donors (Lipinski definition) is 1. The maximum Gasteiger partial charge on any atom is 0.328 e. The zero-order valence-electron chi connectivity index (χ0n) is 15.4. The minimum atomic E-state index is -1.85. The number of rotatable bonds is 6. The van der Waals surface area contributed by atoms with E-state index in [4.69, 9.17) is 16.3 Å². The molecule has 148 valence electrons. The van der Waals surface area contributed by atoms with Gasteiger partial charge >= 0.3 is 11.9 Å². The second-order valence-electron chi connectivity index (χ2n) is 5.82. The molecule has 2 rings (SSSR count). The fourth-order valence-electron chi connectivity index (χ4n) is 2.15. The number of ether oxygens (including phenoxy) is 1. The molecular weight excluding hydrogens is 550 g/mol. The Balaban J connectivity index is 0.00000176. The fourth-order valence-corrected chi connectivity index (χ4v) is 2.70. The van der Waals surface area contributed by atoms with Crippen LogP contribution in [0.5, 0.6) is 0 Å². The van der Waals surface area contributed by atoms with Gasteiger partial charge in [0.05, 0.1) is 27.5 Å². The molecule has 0 bridgehead atoms. The monoisotopic (exact) mass is 570 g/mol. The number of halogens is 3. The lowest BCUT2D eigenvalue weighted by atomic mass is 9.82. The highest BCUT2D eigenvalue weighted by Gasteiger charge is 2.45. The quantitative estimate of drug-likeness (QED) is 0.228. The average molecular weight is 572 g/mol. The largest absolute Gasteiger partial charge is 0.480 e. The molecule has 2 atom stereocenters. The summed E-state index contributed by atoms with van der Waals surface area (Å²) < 4.78 is 7.58. The number of benzene rings is 1. The van der Waals surface area contributed by atoms with E-state index >= 15 is 0 Å². The van der Waals surface area contributed by atoms with Crippen molar-refractivity contribution >= 4 is 62.1 Å². The van der Waals surface area contributed by atoms with Gasteiger partial charge in [-0.25, -0.2) is 4.68 Å². The molecule has 9 heteroatoms. The van der Waals surface area contributed by atoms with Gasteiger partial charge in [0.15, 0.2) is 5.41 Å².